The van der Waals surface area contributed by atoms with E-state index in [0.717, 1.165) is 18.4 Å². The lowest BCUT2D eigenvalue weighted by Gasteiger charge is -2.15. The molecule has 0 bridgehead atoms. The van der Waals surface area contributed by atoms with Crippen LogP contribution in [0, 0.1) is 0 Å². The Bertz CT molecular complexity index is 811. The van der Waals surface area contributed by atoms with E-state index in [-0.39, 0.29) is 0 Å². The van der Waals surface area contributed by atoms with E-state index in [1.54, 1.807) is 0 Å². The van der Waals surface area contributed by atoms with Crippen molar-refractivity contribution in [1.82, 2.24) is 0 Å². The molecule has 0 aliphatic heterocycles. The Kier molecular flexibility index (Phi) is 6.05. The number of hydrogen-bond acceptors (Lipinski definition) is 2. The van der Waals surface area contributed by atoms with Crippen LogP contribution < -0.4 is 4.74 Å². The molecule has 3 heteroatoms. The molecule has 3 nitrogen and oxygen atoms in total. The zero-order valence-electron chi connectivity index (χ0n) is 14.5. The van der Waals surface area contributed by atoms with Crippen LogP contribution in [0.1, 0.15) is 16.7 Å². The van der Waals surface area contributed by atoms with Gasteiger partial charge in [-0.1, -0.05) is 72.8 Å². The quantitative estimate of drug-likeness (QED) is 0.651. The Labute approximate surface area is 153 Å². The molecule has 0 amide bonds. The molecule has 0 radical (unpaired) electrons. The molecular formula is C23H22O3. The van der Waals surface area contributed by atoms with E-state index in [4.69, 9.17) is 4.74 Å². The third-order valence-electron chi connectivity index (χ3n) is 4.29. The summed E-state index contributed by atoms with van der Waals surface area (Å²) in [6, 6.07) is 27.6. The fraction of sp³-hybridized carbons (Fsp3) is 0.174. The minimum absolute atomic E-state index is 0.339. The van der Waals surface area contributed by atoms with Crippen molar-refractivity contribution < 1.29 is 14.6 Å². The molecular weight excluding hydrogens is 324 g/mol. The molecule has 0 heterocycles. The van der Waals surface area contributed by atoms with Gasteiger partial charge < -0.3 is 9.84 Å². The number of aryl methyl sites for hydroxylation is 2. The second-order valence-corrected chi connectivity index (χ2v) is 6.26. The molecule has 3 aromatic carbocycles. The van der Waals surface area contributed by atoms with E-state index in [0.29, 0.717) is 12.2 Å². The van der Waals surface area contributed by atoms with Crippen LogP contribution in [0.15, 0.2) is 84.9 Å². The molecule has 0 unspecified atom stereocenters. The number of benzene rings is 3. The first-order chi connectivity index (χ1) is 12.7. The third kappa shape index (κ3) is 5.21. The molecule has 132 valence electrons. The first-order valence-electron chi connectivity index (χ1n) is 8.77. The summed E-state index contributed by atoms with van der Waals surface area (Å²) in [5.41, 5.74) is 3.46. The molecule has 1 N–H and O–H groups in total. The standard InChI is InChI=1S/C23H22O3/c24-23(25)22(17-20-9-5-2-6-10-20)26-21-15-13-19(14-16-21)12-11-18-7-3-1-4-8-18/h1-10,13-16,22H,11-12,17H2,(H,24,25)/t22-/m0/s1. The van der Waals surface area contributed by atoms with Gasteiger partial charge in [-0.2, -0.15) is 0 Å². The summed E-state index contributed by atoms with van der Waals surface area (Å²) in [6.07, 6.45) is 1.36. The van der Waals surface area contributed by atoms with E-state index >= 15 is 0 Å². The van der Waals surface area contributed by atoms with Crippen molar-refractivity contribution in [1.29, 1.82) is 0 Å². The van der Waals surface area contributed by atoms with Gasteiger partial charge >= 0.3 is 5.97 Å². The predicted molar refractivity (Wildman–Crippen MR) is 102 cm³/mol. The second kappa shape index (κ2) is 8.86. The van der Waals surface area contributed by atoms with Gasteiger partial charge in [-0.25, -0.2) is 4.79 Å². The van der Waals surface area contributed by atoms with Gasteiger partial charge in [0.2, 0.25) is 0 Å². The Balaban J connectivity index is 1.59. The third-order valence-corrected chi connectivity index (χ3v) is 4.29. The van der Waals surface area contributed by atoms with Crippen LogP contribution in [0.3, 0.4) is 0 Å². The zero-order chi connectivity index (χ0) is 18.2. The fourth-order valence-electron chi connectivity index (χ4n) is 2.84. The van der Waals surface area contributed by atoms with Crippen molar-refractivity contribution in [3.8, 4) is 5.75 Å². The average Bonchev–Trinajstić information content (AvgIpc) is 2.68. The summed E-state index contributed by atoms with van der Waals surface area (Å²) >= 11 is 0. The number of carbonyl (C=O) groups is 1. The van der Waals surface area contributed by atoms with E-state index in [2.05, 4.69) is 12.1 Å². The highest BCUT2D eigenvalue weighted by Crippen LogP contribution is 2.17. The Morgan fingerprint density at radius 1 is 0.731 bits per heavy atom. The second-order valence-electron chi connectivity index (χ2n) is 6.26. The van der Waals surface area contributed by atoms with Crippen LogP contribution in [-0.4, -0.2) is 17.2 Å². The monoisotopic (exact) mass is 346 g/mol. The highest BCUT2D eigenvalue weighted by molar-refractivity contribution is 5.73. The molecule has 3 rings (SSSR count). The summed E-state index contributed by atoms with van der Waals surface area (Å²) in [6.45, 7) is 0. The first kappa shape index (κ1) is 17.7. The summed E-state index contributed by atoms with van der Waals surface area (Å²) in [5, 5.41) is 9.44. The maximum atomic E-state index is 11.5. The summed E-state index contributed by atoms with van der Waals surface area (Å²) in [5.74, 6) is -0.376. The molecule has 26 heavy (non-hydrogen) atoms. The first-order valence-corrected chi connectivity index (χ1v) is 8.77. The lowest BCUT2D eigenvalue weighted by Crippen LogP contribution is -2.29. The average molecular weight is 346 g/mol. The number of rotatable bonds is 8. The van der Waals surface area contributed by atoms with Gasteiger partial charge in [-0.3, -0.25) is 0 Å². The minimum Gasteiger partial charge on any atom is -0.478 e. The predicted octanol–water partition coefficient (Wildman–Crippen LogP) is 4.55. The normalized spacial score (nSPS) is 11.7. The molecule has 0 spiro atoms. The Hall–Kier alpha value is -3.07. The van der Waals surface area contributed by atoms with Gasteiger partial charge in [0, 0.05) is 6.42 Å². The molecule has 1 atom stereocenters. The summed E-state index contributed by atoms with van der Waals surface area (Å²) < 4.78 is 5.70. The number of ether oxygens (including phenoxy) is 1. The van der Waals surface area contributed by atoms with Crippen molar-refractivity contribution in [2.24, 2.45) is 0 Å². The van der Waals surface area contributed by atoms with Gasteiger partial charge in [0.15, 0.2) is 6.10 Å². The molecule has 3 aromatic rings. The Morgan fingerprint density at radius 3 is 1.77 bits per heavy atom. The molecule has 0 fully saturated rings. The smallest absolute Gasteiger partial charge is 0.345 e. The van der Waals surface area contributed by atoms with Gasteiger partial charge in [0.1, 0.15) is 5.75 Å². The van der Waals surface area contributed by atoms with Crippen molar-refractivity contribution in [2.75, 3.05) is 0 Å². The topological polar surface area (TPSA) is 46.5 Å². The highest BCUT2D eigenvalue weighted by atomic mass is 16.5. The highest BCUT2D eigenvalue weighted by Gasteiger charge is 2.19. The molecule has 0 aromatic heterocycles. The molecule has 0 aliphatic rings. The van der Waals surface area contributed by atoms with Crippen molar-refractivity contribution in [2.45, 2.75) is 25.4 Å². The SMILES string of the molecule is O=C(O)[C@H](Cc1ccccc1)Oc1ccc(CCc2ccccc2)cc1. The summed E-state index contributed by atoms with van der Waals surface area (Å²) in [7, 11) is 0. The number of carboxylic acids is 1. The van der Waals surface area contributed by atoms with Crippen LogP contribution in [0.5, 0.6) is 5.75 Å². The van der Waals surface area contributed by atoms with Crippen LogP contribution in [0.2, 0.25) is 0 Å². The lowest BCUT2D eigenvalue weighted by atomic mass is 10.0. The number of hydrogen-bond donors (Lipinski definition) is 1. The van der Waals surface area contributed by atoms with Gasteiger partial charge in [-0.15, -0.1) is 0 Å². The van der Waals surface area contributed by atoms with Crippen LogP contribution in [0.25, 0.3) is 0 Å². The maximum Gasteiger partial charge on any atom is 0.345 e. The van der Waals surface area contributed by atoms with Crippen LogP contribution in [0.4, 0.5) is 0 Å². The van der Waals surface area contributed by atoms with Crippen molar-refractivity contribution >= 4 is 5.97 Å². The van der Waals surface area contributed by atoms with Crippen molar-refractivity contribution in [3.63, 3.8) is 0 Å². The van der Waals surface area contributed by atoms with Crippen molar-refractivity contribution in [3.05, 3.63) is 102 Å². The van der Waals surface area contributed by atoms with E-state index in [1.807, 2.05) is 72.8 Å². The molecule has 0 aliphatic carbocycles. The van der Waals surface area contributed by atoms with Gasteiger partial charge in [0.25, 0.3) is 0 Å². The number of carboxylic acid groups (broad SMARTS) is 1. The number of aliphatic carboxylic acids is 1. The maximum absolute atomic E-state index is 11.5. The van der Waals surface area contributed by atoms with Gasteiger partial charge in [-0.05, 0) is 41.7 Å². The molecule has 0 saturated carbocycles. The van der Waals surface area contributed by atoms with E-state index < -0.39 is 12.1 Å². The molecule has 0 saturated heterocycles. The van der Waals surface area contributed by atoms with Crippen LogP contribution >= 0.6 is 0 Å². The largest absolute Gasteiger partial charge is 0.478 e. The van der Waals surface area contributed by atoms with E-state index in [9.17, 15) is 9.90 Å². The Morgan fingerprint density at radius 2 is 1.23 bits per heavy atom. The summed E-state index contributed by atoms with van der Waals surface area (Å²) in [4.78, 5) is 11.5. The van der Waals surface area contributed by atoms with E-state index in [1.165, 1.54) is 11.1 Å². The van der Waals surface area contributed by atoms with Crippen LogP contribution in [-0.2, 0) is 24.1 Å². The fourth-order valence-corrected chi connectivity index (χ4v) is 2.84. The minimum atomic E-state index is -0.956. The van der Waals surface area contributed by atoms with Gasteiger partial charge in [0.05, 0.1) is 0 Å². The lowest BCUT2D eigenvalue weighted by molar-refractivity contribution is -0.145. The zero-order valence-corrected chi connectivity index (χ0v) is 14.5.